The molecule has 6 nitrogen and oxygen atoms in total. The van der Waals surface area contributed by atoms with Crippen molar-refractivity contribution in [2.45, 2.75) is 19.3 Å². The normalized spacial score (nSPS) is 16.5. The van der Waals surface area contributed by atoms with E-state index in [1.54, 1.807) is 0 Å². The van der Waals surface area contributed by atoms with E-state index < -0.39 is 0 Å². The smallest absolute Gasteiger partial charge is 0.253 e. The zero-order valence-corrected chi connectivity index (χ0v) is 15.5. The highest BCUT2D eigenvalue weighted by Gasteiger charge is 2.24. The van der Waals surface area contributed by atoms with E-state index in [9.17, 15) is 4.79 Å². The largest absolute Gasteiger partial charge is 0.378 e. The predicted octanol–water partition coefficient (Wildman–Crippen LogP) is 1.99. The molecule has 1 fully saturated rings. The maximum atomic E-state index is 12.7. The molecule has 2 aliphatic rings. The van der Waals surface area contributed by atoms with Gasteiger partial charge in [0.2, 0.25) is 0 Å². The van der Waals surface area contributed by atoms with Gasteiger partial charge in [-0.3, -0.25) is 4.79 Å². The number of carbonyl (C=O) groups excluding carboxylic acids is 1. The van der Waals surface area contributed by atoms with Gasteiger partial charge in [-0.05, 0) is 55.2 Å². The molecule has 0 bridgehead atoms. The van der Waals surface area contributed by atoms with Crippen LogP contribution < -0.4 is 9.80 Å². The summed E-state index contributed by atoms with van der Waals surface area (Å²) in [4.78, 5) is 18.9. The standard InChI is InChI=1S/C20H25N5O/c1-23(2)17-8-6-15(7-9-17)20(26)25-12-10-24(11-13-25)19-14-16-4-3-5-18(16)21-22-19/h6-9,14H,3-5,10-13H2,1-2H3. The number of carbonyl (C=O) groups is 1. The van der Waals surface area contributed by atoms with E-state index in [1.807, 2.05) is 48.2 Å². The third kappa shape index (κ3) is 3.23. The summed E-state index contributed by atoms with van der Waals surface area (Å²) in [5.74, 6) is 1.06. The first-order valence-corrected chi connectivity index (χ1v) is 9.29. The van der Waals surface area contributed by atoms with E-state index in [2.05, 4.69) is 21.2 Å². The number of anilines is 2. The number of hydrogen-bond donors (Lipinski definition) is 0. The summed E-state index contributed by atoms with van der Waals surface area (Å²) in [6.07, 6.45) is 3.35. The molecule has 0 saturated carbocycles. The van der Waals surface area contributed by atoms with Gasteiger partial charge in [0.25, 0.3) is 5.91 Å². The van der Waals surface area contributed by atoms with Crippen molar-refractivity contribution in [2.75, 3.05) is 50.1 Å². The minimum atomic E-state index is 0.106. The van der Waals surface area contributed by atoms with Crippen LogP contribution in [0.25, 0.3) is 0 Å². The lowest BCUT2D eigenvalue weighted by molar-refractivity contribution is 0.0746. The van der Waals surface area contributed by atoms with Gasteiger partial charge in [-0.2, -0.15) is 5.10 Å². The Labute approximate surface area is 154 Å². The Kier molecular flexibility index (Phi) is 4.49. The summed E-state index contributed by atoms with van der Waals surface area (Å²) >= 11 is 0. The molecule has 1 aliphatic carbocycles. The zero-order chi connectivity index (χ0) is 18.1. The highest BCUT2D eigenvalue weighted by Crippen LogP contribution is 2.23. The molecule has 1 aliphatic heterocycles. The number of fused-ring (bicyclic) bond motifs is 1. The summed E-state index contributed by atoms with van der Waals surface area (Å²) in [5.41, 5.74) is 4.35. The van der Waals surface area contributed by atoms with Crippen molar-refractivity contribution in [1.82, 2.24) is 15.1 Å². The number of nitrogens with zero attached hydrogens (tertiary/aromatic N) is 5. The van der Waals surface area contributed by atoms with Gasteiger partial charge in [-0.25, -0.2) is 0 Å². The van der Waals surface area contributed by atoms with Gasteiger partial charge in [0, 0.05) is 51.5 Å². The molecule has 136 valence electrons. The van der Waals surface area contributed by atoms with Crippen LogP contribution >= 0.6 is 0 Å². The third-order valence-electron chi connectivity index (χ3n) is 5.33. The van der Waals surface area contributed by atoms with E-state index in [0.29, 0.717) is 13.1 Å². The van der Waals surface area contributed by atoms with Crippen molar-refractivity contribution in [1.29, 1.82) is 0 Å². The minimum Gasteiger partial charge on any atom is -0.378 e. The zero-order valence-electron chi connectivity index (χ0n) is 15.5. The van der Waals surface area contributed by atoms with Crippen LogP contribution in [0.1, 0.15) is 28.0 Å². The van der Waals surface area contributed by atoms with Gasteiger partial charge in [0.15, 0.2) is 5.82 Å². The summed E-state index contributed by atoms with van der Waals surface area (Å²) < 4.78 is 0. The molecule has 1 aromatic carbocycles. The van der Waals surface area contributed by atoms with E-state index in [1.165, 1.54) is 12.0 Å². The highest BCUT2D eigenvalue weighted by molar-refractivity contribution is 5.94. The minimum absolute atomic E-state index is 0.106. The average molecular weight is 351 g/mol. The fourth-order valence-electron chi connectivity index (χ4n) is 3.70. The van der Waals surface area contributed by atoms with E-state index in [-0.39, 0.29) is 5.91 Å². The van der Waals surface area contributed by atoms with Crippen LogP contribution in [-0.4, -0.2) is 61.3 Å². The molecule has 0 atom stereocenters. The quantitative estimate of drug-likeness (QED) is 0.847. The van der Waals surface area contributed by atoms with Gasteiger partial charge in [0.1, 0.15) is 0 Å². The molecule has 0 radical (unpaired) electrons. The Morgan fingerprint density at radius 3 is 2.42 bits per heavy atom. The van der Waals surface area contributed by atoms with Crippen LogP contribution in [0.15, 0.2) is 30.3 Å². The molecule has 1 aromatic heterocycles. The fraction of sp³-hybridized carbons (Fsp3) is 0.450. The third-order valence-corrected chi connectivity index (χ3v) is 5.33. The van der Waals surface area contributed by atoms with Gasteiger partial charge in [-0.15, -0.1) is 5.10 Å². The Morgan fingerprint density at radius 1 is 1.00 bits per heavy atom. The lowest BCUT2D eigenvalue weighted by Crippen LogP contribution is -2.49. The first kappa shape index (κ1) is 16.8. The monoisotopic (exact) mass is 351 g/mol. The molecule has 26 heavy (non-hydrogen) atoms. The topological polar surface area (TPSA) is 52.6 Å². The molecule has 2 heterocycles. The van der Waals surface area contributed by atoms with Crippen LogP contribution in [0.3, 0.4) is 0 Å². The number of aromatic nitrogens is 2. The van der Waals surface area contributed by atoms with E-state index >= 15 is 0 Å². The van der Waals surface area contributed by atoms with Crippen molar-refractivity contribution in [2.24, 2.45) is 0 Å². The molecule has 0 spiro atoms. The van der Waals surface area contributed by atoms with Crippen molar-refractivity contribution >= 4 is 17.4 Å². The number of rotatable bonds is 3. The van der Waals surface area contributed by atoms with Gasteiger partial charge < -0.3 is 14.7 Å². The lowest BCUT2D eigenvalue weighted by Gasteiger charge is -2.35. The van der Waals surface area contributed by atoms with Crippen molar-refractivity contribution in [3.8, 4) is 0 Å². The predicted molar refractivity (Wildman–Crippen MR) is 103 cm³/mol. The second-order valence-electron chi connectivity index (χ2n) is 7.25. The summed E-state index contributed by atoms with van der Waals surface area (Å²) in [7, 11) is 4.00. The molecular weight excluding hydrogens is 326 g/mol. The summed E-state index contributed by atoms with van der Waals surface area (Å²) in [5, 5.41) is 8.78. The highest BCUT2D eigenvalue weighted by atomic mass is 16.2. The number of amides is 1. The van der Waals surface area contributed by atoms with E-state index in [4.69, 9.17) is 0 Å². The summed E-state index contributed by atoms with van der Waals surface area (Å²) in [6.45, 7) is 3.03. The van der Waals surface area contributed by atoms with Gasteiger partial charge >= 0.3 is 0 Å². The molecule has 1 saturated heterocycles. The number of benzene rings is 1. The number of piperazine rings is 1. The molecule has 0 N–H and O–H groups in total. The van der Waals surface area contributed by atoms with Crippen LogP contribution in [-0.2, 0) is 12.8 Å². The second kappa shape index (κ2) is 6.94. The second-order valence-corrected chi connectivity index (χ2v) is 7.25. The Hall–Kier alpha value is -2.63. The van der Waals surface area contributed by atoms with E-state index in [0.717, 1.165) is 48.7 Å². The van der Waals surface area contributed by atoms with Crippen molar-refractivity contribution in [3.05, 3.63) is 47.2 Å². The maximum Gasteiger partial charge on any atom is 0.253 e. The Morgan fingerprint density at radius 2 is 1.73 bits per heavy atom. The molecular formula is C20H25N5O. The molecule has 2 aromatic rings. The first-order valence-electron chi connectivity index (χ1n) is 9.29. The van der Waals surface area contributed by atoms with Crippen LogP contribution in [0.5, 0.6) is 0 Å². The van der Waals surface area contributed by atoms with Crippen molar-refractivity contribution < 1.29 is 4.79 Å². The maximum absolute atomic E-state index is 12.7. The molecule has 6 heteroatoms. The SMILES string of the molecule is CN(C)c1ccc(C(=O)N2CCN(c3cc4c(nn3)CCC4)CC2)cc1. The summed E-state index contributed by atoms with van der Waals surface area (Å²) in [6, 6.07) is 9.99. The van der Waals surface area contributed by atoms with Crippen LogP contribution in [0.4, 0.5) is 11.5 Å². The van der Waals surface area contributed by atoms with Crippen LogP contribution in [0, 0.1) is 0 Å². The van der Waals surface area contributed by atoms with Crippen LogP contribution in [0.2, 0.25) is 0 Å². The number of aryl methyl sites for hydroxylation is 2. The van der Waals surface area contributed by atoms with Crippen molar-refractivity contribution in [3.63, 3.8) is 0 Å². The Bertz CT molecular complexity index is 794. The molecule has 0 unspecified atom stereocenters. The average Bonchev–Trinajstić information content (AvgIpc) is 3.15. The molecule has 4 rings (SSSR count). The number of hydrogen-bond acceptors (Lipinski definition) is 5. The lowest BCUT2D eigenvalue weighted by atomic mass is 10.1. The van der Waals surface area contributed by atoms with Gasteiger partial charge in [-0.1, -0.05) is 0 Å². The first-order chi connectivity index (χ1) is 12.6. The Balaban J connectivity index is 1.39. The fourth-order valence-corrected chi connectivity index (χ4v) is 3.70. The molecule has 1 amide bonds. The van der Waals surface area contributed by atoms with Gasteiger partial charge in [0.05, 0.1) is 5.69 Å².